The zero-order valence-electron chi connectivity index (χ0n) is 13.9. The van der Waals surface area contributed by atoms with E-state index in [2.05, 4.69) is 9.97 Å². The molecule has 7 heteroatoms. The Morgan fingerprint density at radius 3 is 2.92 bits per heavy atom. The molecule has 0 bridgehead atoms. The number of hydrogen-bond acceptors (Lipinski definition) is 6. The lowest BCUT2D eigenvalue weighted by Gasteiger charge is -2.33. The second-order valence-electron chi connectivity index (χ2n) is 5.66. The Hall–Kier alpha value is -3.14. The fourth-order valence-electron chi connectivity index (χ4n) is 2.86. The van der Waals surface area contributed by atoms with Crippen molar-refractivity contribution in [3.8, 4) is 17.7 Å². The maximum absolute atomic E-state index is 12.8. The van der Waals surface area contributed by atoms with E-state index in [1.54, 1.807) is 24.1 Å². The van der Waals surface area contributed by atoms with Crippen molar-refractivity contribution in [1.29, 1.82) is 5.26 Å². The summed E-state index contributed by atoms with van der Waals surface area (Å²) in [6.07, 6.45) is 4.31. The average Bonchev–Trinajstić information content (AvgIpc) is 2.68. The van der Waals surface area contributed by atoms with Crippen molar-refractivity contribution in [1.82, 2.24) is 14.9 Å². The van der Waals surface area contributed by atoms with Crippen molar-refractivity contribution in [2.75, 3.05) is 20.2 Å². The van der Waals surface area contributed by atoms with E-state index in [1.807, 2.05) is 18.2 Å². The van der Waals surface area contributed by atoms with E-state index in [0.29, 0.717) is 24.4 Å². The van der Waals surface area contributed by atoms with E-state index >= 15 is 0 Å². The van der Waals surface area contributed by atoms with Crippen LogP contribution in [0.15, 0.2) is 36.7 Å². The molecule has 1 fully saturated rings. The number of aromatic nitrogens is 2. The number of carbonyl (C=O) groups is 1. The van der Waals surface area contributed by atoms with Gasteiger partial charge in [-0.3, -0.25) is 4.79 Å². The number of carbonyl (C=O) groups excluding carboxylic acids is 1. The highest BCUT2D eigenvalue weighted by atomic mass is 16.5. The monoisotopic (exact) mass is 338 g/mol. The predicted molar refractivity (Wildman–Crippen MR) is 89.3 cm³/mol. The smallest absolute Gasteiger partial charge is 0.257 e. The number of likely N-dealkylation sites (tertiary alicyclic amines) is 1. The van der Waals surface area contributed by atoms with Gasteiger partial charge in [-0.2, -0.15) is 5.26 Å². The molecule has 25 heavy (non-hydrogen) atoms. The van der Waals surface area contributed by atoms with E-state index in [1.165, 1.54) is 12.4 Å². The molecule has 1 unspecified atom stereocenters. The standard InChI is InChI=1S/C18H18N4O3/c1-24-16-7-3-2-6-14(16)18(23)22-10-4-5-13(12-22)25-17-15(11-19)20-8-9-21-17/h2-3,6-9,13H,4-5,10,12H2,1H3. The number of rotatable bonds is 4. The fraction of sp³-hybridized carbons (Fsp3) is 0.333. The van der Waals surface area contributed by atoms with Crippen molar-refractivity contribution in [2.24, 2.45) is 0 Å². The maximum Gasteiger partial charge on any atom is 0.257 e. The molecule has 2 aromatic rings. The summed E-state index contributed by atoms with van der Waals surface area (Å²) in [5.41, 5.74) is 0.679. The van der Waals surface area contributed by atoms with Gasteiger partial charge in [0.15, 0.2) is 0 Å². The van der Waals surface area contributed by atoms with Gasteiger partial charge in [-0.1, -0.05) is 12.1 Å². The number of benzene rings is 1. The zero-order chi connectivity index (χ0) is 17.6. The molecule has 0 spiro atoms. The van der Waals surface area contributed by atoms with Gasteiger partial charge in [0.25, 0.3) is 11.8 Å². The first-order valence-corrected chi connectivity index (χ1v) is 8.03. The van der Waals surface area contributed by atoms with Crippen LogP contribution in [0.1, 0.15) is 28.9 Å². The molecular weight excluding hydrogens is 320 g/mol. The molecule has 1 aromatic carbocycles. The van der Waals surface area contributed by atoms with Crippen LogP contribution in [0.5, 0.6) is 11.6 Å². The van der Waals surface area contributed by atoms with E-state index < -0.39 is 0 Å². The normalized spacial score (nSPS) is 16.8. The highest BCUT2D eigenvalue weighted by molar-refractivity contribution is 5.97. The molecule has 7 nitrogen and oxygen atoms in total. The minimum Gasteiger partial charge on any atom is -0.496 e. The molecule has 1 atom stereocenters. The van der Waals surface area contributed by atoms with Gasteiger partial charge in [0, 0.05) is 18.9 Å². The Morgan fingerprint density at radius 2 is 2.12 bits per heavy atom. The highest BCUT2D eigenvalue weighted by Crippen LogP contribution is 2.23. The molecule has 1 aliphatic heterocycles. The lowest BCUT2D eigenvalue weighted by atomic mass is 10.1. The van der Waals surface area contributed by atoms with Crippen LogP contribution in [-0.4, -0.2) is 47.1 Å². The lowest BCUT2D eigenvalue weighted by molar-refractivity contribution is 0.0523. The predicted octanol–water partition coefficient (Wildman–Crippen LogP) is 2.04. The highest BCUT2D eigenvalue weighted by Gasteiger charge is 2.28. The van der Waals surface area contributed by atoms with Gasteiger partial charge in [-0.05, 0) is 25.0 Å². The van der Waals surface area contributed by atoms with Gasteiger partial charge in [0.05, 0.1) is 19.2 Å². The van der Waals surface area contributed by atoms with Gasteiger partial charge in [-0.25, -0.2) is 9.97 Å². The van der Waals surface area contributed by atoms with Crippen LogP contribution in [0.3, 0.4) is 0 Å². The quantitative estimate of drug-likeness (QED) is 0.847. The van der Waals surface area contributed by atoms with Gasteiger partial charge in [0.1, 0.15) is 17.9 Å². The Labute approximate surface area is 145 Å². The number of nitrogens with zero attached hydrogens (tertiary/aromatic N) is 4. The van der Waals surface area contributed by atoms with Gasteiger partial charge in [0.2, 0.25) is 5.69 Å². The number of nitriles is 1. The molecule has 1 aromatic heterocycles. The second kappa shape index (κ2) is 7.62. The summed E-state index contributed by atoms with van der Waals surface area (Å²) in [6.45, 7) is 1.08. The minimum absolute atomic E-state index is 0.0922. The molecule has 128 valence electrons. The summed E-state index contributed by atoms with van der Waals surface area (Å²) in [4.78, 5) is 22.6. The summed E-state index contributed by atoms with van der Waals surface area (Å²) >= 11 is 0. The Balaban J connectivity index is 1.73. The summed E-state index contributed by atoms with van der Waals surface area (Å²) in [5, 5.41) is 9.08. The van der Waals surface area contributed by atoms with Crippen molar-refractivity contribution >= 4 is 5.91 Å². The summed E-state index contributed by atoms with van der Waals surface area (Å²) in [5.74, 6) is 0.670. The van der Waals surface area contributed by atoms with Crippen molar-refractivity contribution in [2.45, 2.75) is 18.9 Å². The summed E-state index contributed by atoms with van der Waals surface area (Å²) in [7, 11) is 1.55. The zero-order valence-corrected chi connectivity index (χ0v) is 13.9. The molecule has 1 amide bonds. The van der Waals surface area contributed by atoms with E-state index in [-0.39, 0.29) is 23.6 Å². The van der Waals surface area contributed by atoms with Crippen LogP contribution >= 0.6 is 0 Å². The minimum atomic E-state index is -0.226. The van der Waals surface area contributed by atoms with Crippen LogP contribution in [-0.2, 0) is 0 Å². The average molecular weight is 338 g/mol. The third-order valence-corrected chi connectivity index (χ3v) is 4.05. The van der Waals surface area contributed by atoms with E-state index in [0.717, 1.165) is 12.8 Å². The van der Waals surface area contributed by atoms with Gasteiger partial charge >= 0.3 is 0 Å². The SMILES string of the molecule is COc1ccccc1C(=O)N1CCCC(Oc2nccnc2C#N)C1. The molecule has 0 saturated carbocycles. The van der Waals surface area contributed by atoms with Crippen molar-refractivity contribution < 1.29 is 14.3 Å². The van der Waals surface area contributed by atoms with Crippen molar-refractivity contribution in [3.63, 3.8) is 0 Å². The summed E-state index contributed by atoms with van der Waals surface area (Å²) in [6, 6.07) is 9.12. The van der Waals surface area contributed by atoms with Gasteiger partial charge in [-0.15, -0.1) is 0 Å². The van der Waals surface area contributed by atoms with Crippen molar-refractivity contribution in [3.05, 3.63) is 47.9 Å². The molecule has 0 N–H and O–H groups in total. The Morgan fingerprint density at radius 1 is 1.32 bits per heavy atom. The van der Waals surface area contributed by atoms with E-state index in [9.17, 15) is 4.79 Å². The second-order valence-corrected chi connectivity index (χ2v) is 5.66. The number of piperidine rings is 1. The number of methoxy groups -OCH3 is 1. The fourth-order valence-corrected chi connectivity index (χ4v) is 2.86. The lowest BCUT2D eigenvalue weighted by Crippen LogP contribution is -2.44. The number of amides is 1. The Kier molecular flexibility index (Phi) is 5.09. The largest absolute Gasteiger partial charge is 0.496 e. The third-order valence-electron chi connectivity index (χ3n) is 4.05. The maximum atomic E-state index is 12.8. The molecule has 0 radical (unpaired) electrons. The molecular formula is C18H18N4O3. The Bertz CT molecular complexity index is 803. The van der Waals surface area contributed by atoms with Crippen LogP contribution in [0.2, 0.25) is 0 Å². The van der Waals surface area contributed by atoms with Gasteiger partial charge < -0.3 is 14.4 Å². The van der Waals surface area contributed by atoms with Crippen LogP contribution in [0.25, 0.3) is 0 Å². The third kappa shape index (κ3) is 3.69. The van der Waals surface area contributed by atoms with Crippen LogP contribution < -0.4 is 9.47 Å². The molecule has 1 saturated heterocycles. The first kappa shape index (κ1) is 16.7. The number of ether oxygens (including phenoxy) is 2. The topological polar surface area (TPSA) is 88.3 Å². The first-order chi connectivity index (χ1) is 12.2. The molecule has 2 heterocycles. The summed E-state index contributed by atoms with van der Waals surface area (Å²) < 4.78 is 11.1. The van der Waals surface area contributed by atoms with E-state index in [4.69, 9.17) is 14.7 Å². The van der Waals surface area contributed by atoms with Crippen LogP contribution in [0.4, 0.5) is 0 Å². The van der Waals surface area contributed by atoms with Crippen LogP contribution in [0, 0.1) is 11.3 Å². The number of hydrogen-bond donors (Lipinski definition) is 0. The first-order valence-electron chi connectivity index (χ1n) is 8.03. The molecule has 1 aliphatic rings. The number of para-hydroxylation sites is 1. The molecule has 3 rings (SSSR count). The molecule has 0 aliphatic carbocycles.